The maximum Gasteiger partial charge on any atom is 0.424 e. The summed E-state index contributed by atoms with van der Waals surface area (Å²) in [5.74, 6) is -1.42. The maximum atomic E-state index is 14.1. The van der Waals surface area contributed by atoms with E-state index in [0.29, 0.717) is 5.56 Å². The van der Waals surface area contributed by atoms with Gasteiger partial charge in [0, 0.05) is 11.1 Å². The summed E-state index contributed by atoms with van der Waals surface area (Å²) in [4.78, 5) is 22.2. The van der Waals surface area contributed by atoms with Gasteiger partial charge in [-0.05, 0) is 55.8 Å². The smallest absolute Gasteiger partial charge is 0.374 e. The third-order valence-electron chi connectivity index (χ3n) is 4.85. The number of rotatable bonds is 6. The summed E-state index contributed by atoms with van der Waals surface area (Å²) in [7, 11) is 0. The molecular formula is C21H21F4N5O2. The van der Waals surface area contributed by atoms with Crippen molar-refractivity contribution in [2.24, 2.45) is 5.73 Å². The Morgan fingerprint density at radius 3 is 2.38 bits per heavy atom. The third kappa shape index (κ3) is 4.78. The van der Waals surface area contributed by atoms with Crippen LogP contribution in [-0.2, 0) is 11.1 Å². The molecule has 0 bridgehead atoms. The molecule has 0 aliphatic rings. The number of hydrogen-bond acceptors (Lipinski definition) is 5. The van der Waals surface area contributed by atoms with E-state index >= 15 is 0 Å². The standard InChI is InChI=1S/C21H21F4N5O2/c1-19(2,26)13-7-15(12-3-5-14(22)6-4-12)30-17(8-13)20(32,21(23,24)25)10-28-18(31)16-9-27-11-29-16/h3-9,11,32H,10,26H2,1-2H3,(H,27,29)(H,28,31). The Bertz CT molecular complexity index is 1090. The van der Waals surface area contributed by atoms with Gasteiger partial charge in [0.25, 0.3) is 5.91 Å². The minimum Gasteiger partial charge on any atom is -0.374 e. The zero-order chi connectivity index (χ0) is 23.7. The maximum absolute atomic E-state index is 14.1. The molecule has 0 spiro atoms. The molecule has 1 aromatic carbocycles. The number of nitrogens with two attached hydrogens (primary N) is 1. The van der Waals surface area contributed by atoms with Crippen LogP contribution in [0.15, 0.2) is 48.9 Å². The minimum atomic E-state index is -5.20. The molecule has 170 valence electrons. The lowest BCUT2D eigenvalue weighted by molar-refractivity contribution is -0.265. The third-order valence-corrected chi connectivity index (χ3v) is 4.85. The van der Waals surface area contributed by atoms with Crippen LogP contribution in [0.4, 0.5) is 17.6 Å². The van der Waals surface area contributed by atoms with Gasteiger partial charge in [0.05, 0.1) is 30.5 Å². The molecule has 1 atom stereocenters. The number of nitrogens with zero attached hydrogens (tertiary/aromatic N) is 2. The fourth-order valence-electron chi connectivity index (χ4n) is 2.90. The van der Waals surface area contributed by atoms with Crippen molar-refractivity contribution in [1.29, 1.82) is 0 Å². The van der Waals surface area contributed by atoms with Crippen LogP contribution < -0.4 is 11.1 Å². The van der Waals surface area contributed by atoms with Gasteiger partial charge in [-0.15, -0.1) is 0 Å². The Kier molecular flexibility index (Phi) is 6.07. The van der Waals surface area contributed by atoms with Crippen molar-refractivity contribution in [3.8, 4) is 11.3 Å². The number of nitrogens with one attached hydrogen (secondary N) is 2. The van der Waals surface area contributed by atoms with Gasteiger partial charge in [0.1, 0.15) is 11.5 Å². The van der Waals surface area contributed by atoms with E-state index in [0.717, 1.165) is 24.4 Å². The van der Waals surface area contributed by atoms with E-state index in [1.807, 2.05) is 0 Å². The number of pyridine rings is 1. The Balaban J connectivity index is 2.09. The molecular weight excluding hydrogens is 430 g/mol. The van der Waals surface area contributed by atoms with Crippen molar-refractivity contribution >= 4 is 5.91 Å². The number of imidazole rings is 1. The predicted octanol–water partition coefficient (Wildman–Crippen LogP) is 2.98. The zero-order valence-corrected chi connectivity index (χ0v) is 17.2. The van der Waals surface area contributed by atoms with E-state index in [9.17, 15) is 27.5 Å². The largest absolute Gasteiger partial charge is 0.424 e. The number of H-pyrrole nitrogens is 1. The van der Waals surface area contributed by atoms with Crippen LogP contribution in [0, 0.1) is 5.82 Å². The Labute approximate surface area is 180 Å². The second kappa shape index (κ2) is 8.32. The fraction of sp³-hybridized carbons (Fsp3) is 0.286. The van der Waals surface area contributed by atoms with Gasteiger partial charge >= 0.3 is 6.18 Å². The SMILES string of the molecule is CC(C)(N)c1cc(-c2ccc(F)cc2)nc(C(O)(CNC(=O)c2cnc[nH]2)C(F)(F)F)c1. The van der Waals surface area contributed by atoms with Gasteiger partial charge in [-0.25, -0.2) is 14.4 Å². The lowest BCUT2D eigenvalue weighted by atomic mass is 9.89. The van der Waals surface area contributed by atoms with Crippen LogP contribution in [0.3, 0.4) is 0 Å². The lowest BCUT2D eigenvalue weighted by Gasteiger charge is -2.32. The molecule has 2 heterocycles. The first kappa shape index (κ1) is 23.4. The zero-order valence-electron chi connectivity index (χ0n) is 17.2. The molecule has 11 heteroatoms. The van der Waals surface area contributed by atoms with Crippen molar-refractivity contribution in [3.05, 3.63) is 71.7 Å². The molecule has 3 rings (SSSR count). The normalized spacial score (nSPS) is 14.1. The number of aromatic amines is 1. The van der Waals surface area contributed by atoms with Crippen molar-refractivity contribution in [2.45, 2.75) is 31.2 Å². The molecule has 0 saturated heterocycles. The Morgan fingerprint density at radius 2 is 1.84 bits per heavy atom. The van der Waals surface area contributed by atoms with Crippen molar-refractivity contribution < 1.29 is 27.5 Å². The lowest BCUT2D eigenvalue weighted by Crippen LogP contribution is -2.51. The molecule has 0 saturated carbocycles. The summed E-state index contributed by atoms with van der Waals surface area (Å²) in [6.45, 7) is 1.94. The molecule has 3 aromatic rings. The van der Waals surface area contributed by atoms with Crippen LogP contribution >= 0.6 is 0 Å². The van der Waals surface area contributed by atoms with Gasteiger partial charge in [-0.3, -0.25) is 4.79 Å². The van der Waals surface area contributed by atoms with Crippen LogP contribution in [0.1, 0.15) is 35.6 Å². The number of aromatic nitrogens is 3. The van der Waals surface area contributed by atoms with E-state index in [2.05, 4.69) is 20.3 Å². The van der Waals surface area contributed by atoms with Gasteiger partial charge in [-0.2, -0.15) is 13.2 Å². The van der Waals surface area contributed by atoms with Crippen molar-refractivity contribution in [3.63, 3.8) is 0 Å². The summed E-state index contributed by atoms with van der Waals surface area (Å²) in [5.41, 5.74) is 1.29. The Hall–Kier alpha value is -3.31. The highest BCUT2D eigenvalue weighted by atomic mass is 19.4. The molecule has 1 unspecified atom stereocenters. The molecule has 7 nitrogen and oxygen atoms in total. The summed E-state index contributed by atoms with van der Waals surface area (Å²) in [6.07, 6.45) is -2.88. The first-order chi connectivity index (χ1) is 14.8. The number of alkyl halides is 3. The average Bonchev–Trinajstić information content (AvgIpc) is 3.25. The number of aliphatic hydroxyl groups is 1. The average molecular weight is 451 g/mol. The second-order valence-corrected chi connectivity index (χ2v) is 7.86. The Morgan fingerprint density at radius 1 is 1.19 bits per heavy atom. The monoisotopic (exact) mass is 451 g/mol. The molecule has 32 heavy (non-hydrogen) atoms. The van der Waals surface area contributed by atoms with E-state index < -0.39 is 41.3 Å². The topological polar surface area (TPSA) is 117 Å². The van der Waals surface area contributed by atoms with E-state index in [1.165, 1.54) is 24.5 Å². The van der Waals surface area contributed by atoms with Crippen LogP contribution in [0.5, 0.6) is 0 Å². The second-order valence-electron chi connectivity index (χ2n) is 7.86. The number of benzene rings is 1. The quantitative estimate of drug-likeness (QED) is 0.430. The van der Waals surface area contributed by atoms with Crippen LogP contribution in [0.2, 0.25) is 0 Å². The molecule has 0 aliphatic heterocycles. The highest BCUT2D eigenvalue weighted by molar-refractivity contribution is 5.92. The summed E-state index contributed by atoms with van der Waals surface area (Å²) in [5, 5.41) is 12.8. The van der Waals surface area contributed by atoms with Gasteiger partial charge < -0.3 is 21.1 Å². The van der Waals surface area contributed by atoms with E-state index in [1.54, 1.807) is 13.8 Å². The highest BCUT2D eigenvalue weighted by Crippen LogP contribution is 2.39. The first-order valence-electron chi connectivity index (χ1n) is 9.45. The first-order valence-corrected chi connectivity index (χ1v) is 9.45. The molecule has 0 radical (unpaired) electrons. The van der Waals surface area contributed by atoms with Crippen molar-refractivity contribution in [1.82, 2.24) is 20.3 Å². The molecule has 1 amide bonds. The molecule has 2 aromatic heterocycles. The summed E-state index contributed by atoms with van der Waals surface area (Å²) in [6, 6.07) is 7.48. The highest BCUT2D eigenvalue weighted by Gasteiger charge is 2.56. The van der Waals surface area contributed by atoms with Gasteiger partial charge in [-0.1, -0.05) is 0 Å². The fourth-order valence-corrected chi connectivity index (χ4v) is 2.90. The summed E-state index contributed by atoms with van der Waals surface area (Å²) >= 11 is 0. The number of hydrogen-bond donors (Lipinski definition) is 4. The number of amides is 1. The number of carbonyl (C=O) groups is 1. The minimum absolute atomic E-state index is 0.0543. The van der Waals surface area contributed by atoms with Crippen molar-refractivity contribution in [2.75, 3.05) is 6.54 Å². The molecule has 0 fully saturated rings. The number of carbonyl (C=O) groups excluding carboxylic acids is 1. The summed E-state index contributed by atoms with van der Waals surface area (Å²) < 4.78 is 55.5. The predicted molar refractivity (Wildman–Crippen MR) is 108 cm³/mol. The van der Waals surface area contributed by atoms with Crippen LogP contribution in [-0.4, -0.2) is 38.7 Å². The van der Waals surface area contributed by atoms with Gasteiger partial charge in [0.15, 0.2) is 0 Å². The molecule has 0 aliphatic carbocycles. The van der Waals surface area contributed by atoms with Gasteiger partial charge in [0.2, 0.25) is 5.60 Å². The molecule has 5 N–H and O–H groups in total. The van der Waals surface area contributed by atoms with Crippen LogP contribution in [0.25, 0.3) is 11.3 Å². The van der Waals surface area contributed by atoms with E-state index in [-0.39, 0.29) is 17.0 Å². The number of halogens is 4. The van der Waals surface area contributed by atoms with E-state index in [4.69, 9.17) is 5.73 Å².